The van der Waals surface area contributed by atoms with E-state index in [1.54, 1.807) is 0 Å². The van der Waals surface area contributed by atoms with Crippen LogP contribution in [0.15, 0.2) is 60.7 Å². The number of benzene rings is 2. The number of ether oxygens (including phenoxy) is 1. The summed E-state index contributed by atoms with van der Waals surface area (Å²) < 4.78 is 5.20. The van der Waals surface area contributed by atoms with Crippen LogP contribution >= 0.6 is 0 Å². The molecule has 0 spiro atoms. The van der Waals surface area contributed by atoms with E-state index < -0.39 is 30.4 Å². The molecule has 1 aliphatic heterocycles. The first-order chi connectivity index (χ1) is 19.6. The largest absolute Gasteiger partial charge is 0.480 e. The number of hydrogen-bond acceptors (Lipinski definition) is 6. The van der Waals surface area contributed by atoms with Crippen molar-refractivity contribution in [3.63, 3.8) is 0 Å². The number of carboxylic acids is 1. The lowest BCUT2D eigenvalue weighted by Crippen LogP contribution is -2.51. The minimum absolute atomic E-state index is 0.117. The van der Waals surface area contributed by atoms with E-state index in [-0.39, 0.29) is 24.9 Å². The maximum atomic E-state index is 12.0. The molecule has 0 aliphatic carbocycles. The first kappa shape index (κ1) is 35.3. The highest BCUT2D eigenvalue weighted by Gasteiger charge is 2.22. The van der Waals surface area contributed by atoms with Crippen molar-refractivity contribution in [1.29, 1.82) is 0 Å². The number of nitrogens with zero attached hydrogens (tertiary/aromatic N) is 1. The first-order valence-corrected chi connectivity index (χ1v) is 14.0. The zero-order chi connectivity index (χ0) is 30.5. The Balaban J connectivity index is 0.000000447. The molecular weight excluding hydrogens is 524 g/mol. The molecule has 1 aliphatic rings. The number of nitrogens with one attached hydrogen (secondary N) is 3. The number of aliphatic carboxylic acids is 1. The van der Waals surface area contributed by atoms with Gasteiger partial charge in [0, 0.05) is 13.1 Å². The predicted octanol–water partition coefficient (Wildman–Crippen LogP) is 2.41. The van der Waals surface area contributed by atoms with Crippen LogP contribution in [0.3, 0.4) is 0 Å². The third kappa shape index (κ3) is 18.3. The molecule has 0 aromatic heterocycles. The molecule has 3 rings (SSSR count). The maximum absolute atomic E-state index is 12.0. The summed E-state index contributed by atoms with van der Waals surface area (Å²) in [5, 5.41) is 15.9. The highest BCUT2D eigenvalue weighted by molar-refractivity contribution is 5.91. The van der Waals surface area contributed by atoms with Gasteiger partial charge in [0.25, 0.3) is 0 Å². The SMILES string of the molecule is CC(C)C[C@H](NC(=O)CNC(=O)CN1CCOCC1)C(=O)NCC(=O)O.CCc1ccccc1.Cc1ccccc1. The van der Waals surface area contributed by atoms with E-state index in [0.29, 0.717) is 32.7 Å². The summed E-state index contributed by atoms with van der Waals surface area (Å²) in [6.45, 7) is 9.93. The Morgan fingerprint density at radius 3 is 1.93 bits per heavy atom. The van der Waals surface area contributed by atoms with Gasteiger partial charge >= 0.3 is 5.97 Å². The predicted molar refractivity (Wildman–Crippen MR) is 159 cm³/mol. The van der Waals surface area contributed by atoms with Crippen molar-refractivity contribution >= 4 is 23.7 Å². The van der Waals surface area contributed by atoms with Crippen molar-refractivity contribution in [2.45, 2.75) is 46.6 Å². The van der Waals surface area contributed by atoms with Crippen LogP contribution in [0.4, 0.5) is 0 Å². The molecule has 1 fully saturated rings. The fraction of sp³-hybridized carbons (Fsp3) is 0.484. The van der Waals surface area contributed by atoms with Crippen LogP contribution in [0.5, 0.6) is 0 Å². The van der Waals surface area contributed by atoms with Crippen LogP contribution in [0.1, 0.15) is 38.3 Å². The summed E-state index contributed by atoms with van der Waals surface area (Å²) >= 11 is 0. The number of rotatable bonds is 11. The van der Waals surface area contributed by atoms with Gasteiger partial charge in [-0.1, -0.05) is 87.0 Å². The van der Waals surface area contributed by atoms with E-state index in [0.717, 1.165) is 6.42 Å². The van der Waals surface area contributed by atoms with Crippen molar-refractivity contribution in [2.75, 3.05) is 45.9 Å². The molecule has 3 amide bonds. The van der Waals surface area contributed by atoms with E-state index in [4.69, 9.17) is 9.84 Å². The lowest BCUT2D eigenvalue weighted by molar-refractivity contribution is -0.138. The number of carboxylic acid groups (broad SMARTS) is 1. The van der Waals surface area contributed by atoms with Gasteiger partial charge in [0.1, 0.15) is 12.6 Å². The molecule has 41 heavy (non-hydrogen) atoms. The van der Waals surface area contributed by atoms with Crippen molar-refractivity contribution in [1.82, 2.24) is 20.9 Å². The number of amides is 3. The molecule has 226 valence electrons. The zero-order valence-electron chi connectivity index (χ0n) is 24.7. The van der Waals surface area contributed by atoms with Crippen molar-refractivity contribution in [3.05, 3.63) is 71.8 Å². The maximum Gasteiger partial charge on any atom is 0.322 e. The van der Waals surface area contributed by atoms with Gasteiger partial charge < -0.3 is 25.8 Å². The van der Waals surface area contributed by atoms with Crippen LogP contribution in [0, 0.1) is 12.8 Å². The van der Waals surface area contributed by atoms with Crippen LogP contribution in [-0.2, 0) is 30.3 Å². The van der Waals surface area contributed by atoms with Gasteiger partial charge in [-0.15, -0.1) is 0 Å². The number of hydrogen-bond donors (Lipinski definition) is 4. The second kappa shape index (κ2) is 21.0. The Bertz CT molecular complexity index is 1030. The lowest BCUT2D eigenvalue weighted by atomic mass is 10.0. The Morgan fingerprint density at radius 1 is 0.878 bits per heavy atom. The topological polar surface area (TPSA) is 137 Å². The summed E-state index contributed by atoms with van der Waals surface area (Å²) in [5.41, 5.74) is 2.73. The average molecular weight is 571 g/mol. The van der Waals surface area contributed by atoms with Crippen LogP contribution in [0.25, 0.3) is 0 Å². The molecular formula is C31H46N4O6. The standard InChI is InChI=1S/C16H28N4O6.C8H10.C7H8/c1-11(2)7-12(16(25)18-9-15(23)24)19-13(21)8-17-14(22)10-20-3-5-26-6-4-20;1-2-8-6-4-3-5-7-8;1-7-5-3-2-4-6-7/h11-12H,3-10H2,1-2H3,(H,17,22)(H,18,25)(H,19,21)(H,23,24);3-7H,2H2,1H3;2-6H,1H3/t12-;;/m0../s1. The Labute approximate surface area is 243 Å². The second-order valence-electron chi connectivity index (χ2n) is 10.0. The first-order valence-electron chi connectivity index (χ1n) is 14.0. The summed E-state index contributed by atoms with van der Waals surface area (Å²) in [5.74, 6) is -2.39. The van der Waals surface area contributed by atoms with Gasteiger partial charge in [0.15, 0.2) is 0 Å². The van der Waals surface area contributed by atoms with E-state index in [1.807, 2.05) is 43.0 Å². The molecule has 2 aromatic rings. The fourth-order valence-electron chi connectivity index (χ4n) is 3.68. The quantitative estimate of drug-likeness (QED) is 0.326. The van der Waals surface area contributed by atoms with E-state index in [9.17, 15) is 19.2 Å². The highest BCUT2D eigenvalue weighted by Crippen LogP contribution is 2.05. The van der Waals surface area contributed by atoms with Gasteiger partial charge in [0.2, 0.25) is 17.7 Å². The van der Waals surface area contributed by atoms with Gasteiger partial charge in [0.05, 0.1) is 26.3 Å². The monoisotopic (exact) mass is 570 g/mol. The molecule has 1 heterocycles. The minimum Gasteiger partial charge on any atom is -0.480 e. The third-order valence-electron chi connectivity index (χ3n) is 5.88. The van der Waals surface area contributed by atoms with Crippen LogP contribution < -0.4 is 16.0 Å². The molecule has 0 bridgehead atoms. The van der Waals surface area contributed by atoms with Crippen molar-refractivity contribution in [2.24, 2.45) is 5.92 Å². The summed E-state index contributed by atoms with van der Waals surface area (Å²) in [7, 11) is 0. The second-order valence-corrected chi connectivity index (χ2v) is 10.0. The van der Waals surface area contributed by atoms with Crippen LogP contribution in [0.2, 0.25) is 0 Å². The van der Waals surface area contributed by atoms with Gasteiger partial charge in [-0.05, 0) is 31.2 Å². The minimum atomic E-state index is -1.16. The normalized spacial score (nSPS) is 13.4. The fourth-order valence-corrected chi connectivity index (χ4v) is 3.68. The Morgan fingerprint density at radius 2 is 1.46 bits per heavy atom. The molecule has 10 nitrogen and oxygen atoms in total. The summed E-state index contributed by atoms with van der Waals surface area (Å²) in [6.07, 6.45) is 1.50. The Kier molecular flexibility index (Phi) is 18.1. The molecule has 1 atom stereocenters. The van der Waals surface area contributed by atoms with Gasteiger partial charge in [-0.25, -0.2) is 0 Å². The zero-order valence-corrected chi connectivity index (χ0v) is 24.7. The summed E-state index contributed by atoms with van der Waals surface area (Å²) in [6, 6.07) is 19.9. The molecule has 1 saturated heterocycles. The molecule has 2 aromatic carbocycles. The van der Waals surface area contributed by atoms with Crippen LogP contribution in [-0.4, -0.2) is 85.7 Å². The molecule has 0 unspecified atom stereocenters. The molecule has 10 heteroatoms. The average Bonchev–Trinajstić information content (AvgIpc) is 2.96. The van der Waals surface area contributed by atoms with Crippen molar-refractivity contribution < 1.29 is 29.0 Å². The third-order valence-corrected chi connectivity index (χ3v) is 5.88. The number of aryl methyl sites for hydroxylation is 2. The molecule has 4 N–H and O–H groups in total. The lowest BCUT2D eigenvalue weighted by Gasteiger charge is -2.25. The summed E-state index contributed by atoms with van der Waals surface area (Å²) in [4.78, 5) is 48.4. The molecule has 0 saturated carbocycles. The van der Waals surface area contributed by atoms with Gasteiger partial charge in [-0.2, -0.15) is 0 Å². The van der Waals surface area contributed by atoms with Gasteiger partial charge in [-0.3, -0.25) is 24.1 Å². The Hall–Kier alpha value is -3.76. The number of carbonyl (C=O) groups is 4. The number of morpholine rings is 1. The smallest absolute Gasteiger partial charge is 0.322 e. The molecule has 0 radical (unpaired) electrons. The van der Waals surface area contributed by atoms with E-state index >= 15 is 0 Å². The highest BCUT2D eigenvalue weighted by atomic mass is 16.5. The van der Waals surface area contributed by atoms with Crippen molar-refractivity contribution in [3.8, 4) is 0 Å². The van der Waals surface area contributed by atoms with E-state index in [2.05, 4.69) is 66.2 Å². The number of carbonyl (C=O) groups excluding carboxylic acids is 3. The van der Waals surface area contributed by atoms with E-state index in [1.165, 1.54) is 11.1 Å².